The van der Waals surface area contributed by atoms with E-state index in [9.17, 15) is 9.18 Å². The van der Waals surface area contributed by atoms with Crippen molar-refractivity contribution >= 4 is 34.1 Å². The monoisotopic (exact) mass is 477 g/mol. The summed E-state index contributed by atoms with van der Waals surface area (Å²) < 4.78 is 15.5. The lowest BCUT2D eigenvalue weighted by Gasteiger charge is -2.23. The molecular weight excluding hydrogens is 449 g/mol. The number of nitrogens with zero attached hydrogens (tertiary/aromatic N) is 5. The minimum atomic E-state index is -0.308. The Morgan fingerprint density at radius 3 is 2.44 bits per heavy atom. The fourth-order valence-electron chi connectivity index (χ4n) is 3.84. The zero-order chi connectivity index (χ0) is 24.2. The Morgan fingerprint density at radius 2 is 1.74 bits per heavy atom. The van der Waals surface area contributed by atoms with Crippen molar-refractivity contribution in [2.75, 3.05) is 31.3 Å². The number of anilines is 1. The number of carbonyl (C=O) groups is 1. The highest BCUT2D eigenvalue weighted by Gasteiger charge is 2.23. The Labute approximate surface area is 203 Å². The van der Waals surface area contributed by atoms with E-state index in [1.807, 2.05) is 79.9 Å². The Kier molecular flexibility index (Phi) is 7.29. The third kappa shape index (κ3) is 4.83. The number of hydrogen-bond acceptors (Lipinski definition) is 5. The normalized spacial score (nSPS) is 12.3. The molecule has 0 aliphatic carbocycles. The Balaban J connectivity index is 1.62. The molecule has 0 N–H and O–H groups in total. The standard InChI is InChI=1S/C26H28FN5OS/c1-5-31(23-12-8-10-19-9-6-7-11-22(19)23)24(33)17-34-26-29-28-25(18(2)30(3)4)32(26)21-15-13-20(27)14-16-21/h6-16,18H,5,17H2,1-4H3/t18-/m1/s1. The third-order valence-electron chi connectivity index (χ3n) is 5.89. The number of benzene rings is 3. The molecular formula is C26H28FN5OS. The van der Waals surface area contributed by atoms with Gasteiger partial charge in [-0.15, -0.1) is 10.2 Å². The van der Waals surface area contributed by atoms with Gasteiger partial charge in [-0.1, -0.05) is 48.2 Å². The van der Waals surface area contributed by atoms with Crippen LogP contribution in [0.25, 0.3) is 16.5 Å². The Bertz CT molecular complexity index is 1280. The molecule has 1 aromatic heterocycles. The number of thioether (sulfide) groups is 1. The first-order valence-electron chi connectivity index (χ1n) is 11.2. The zero-order valence-corrected chi connectivity index (χ0v) is 20.6. The van der Waals surface area contributed by atoms with E-state index in [-0.39, 0.29) is 23.5 Å². The van der Waals surface area contributed by atoms with Crippen molar-refractivity contribution in [3.8, 4) is 5.69 Å². The van der Waals surface area contributed by atoms with Crippen molar-refractivity contribution in [1.29, 1.82) is 0 Å². The molecule has 0 aliphatic heterocycles. The fraction of sp³-hybridized carbons (Fsp3) is 0.269. The molecule has 176 valence electrons. The summed E-state index contributed by atoms with van der Waals surface area (Å²) in [6.07, 6.45) is 0. The van der Waals surface area contributed by atoms with Crippen molar-refractivity contribution in [3.63, 3.8) is 0 Å². The molecule has 0 aliphatic rings. The van der Waals surface area contributed by atoms with Crippen molar-refractivity contribution in [2.45, 2.75) is 25.0 Å². The molecule has 0 saturated heterocycles. The molecule has 0 fully saturated rings. The van der Waals surface area contributed by atoms with Gasteiger partial charge in [0.1, 0.15) is 5.82 Å². The van der Waals surface area contributed by atoms with Crippen LogP contribution in [0.2, 0.25) is 0 Å². The minimum Gasteiger partial charge on any atom is -0.311 e. The van der Waals surface area contributed by atoms with Gasteiger partial charge in [0.2, 0.25) is 5.91 Å². The van der Waals surface area contributed by atoms with E-state index in [2.05, 4.69) is 10.2 Å². The highest BCUT2D eigenvalue weighted by atomic mass is 32.2. The van der Waals surface area contributed by atoms with Crippen molar-refractivity contribution < 1.29 is 9.18 Å². The van der Waals surface area contributed by atoms with Gasteiger partial charge in [-0.05, 0) is 63.7 Å². The molecule has 1 atom stereocenters. The molecule has 0 unspecified atom stereocenters. The number of hydrogen-bond donors (Lipinski definition) is 0. The second-order valence-corrected chi connectivity index (χ2v) is 9.16. The van der Waals surface area contributed by atoms with E-state index in [4.69, 9.17) is 0 Å². The molecule has 3 aromatic carbocycles. The molecule has 4 rings (SSSR count). The van der Waals surface area contributed by atoms with Crippen molar-refractivity contribution in [3.05, 3.63) is 78.4 Å². The van der Waals surface area contributed by atoms with Gasteiger partial charge < -0.3 is 4.90 Å². The number of aromatic nitrogens is 3. The summed E-state index contributed by atoms with van der Waals surface area (Å²) in [5.41, 5.74) is 1.65. The van der Waals surface area contributed by atoms with E-state index in [1.54, 1.807) is 17.0 Å². The topological polar surface area (TPSA) is 54.3 Å². The van der Waals surface area contributed by atoms with E-state index in [1.165, 1.54) is 23.9 Å². The lowest BCUT2D eigenvalue weighted by atomic mass is 10.1. The van der Waals surface area contributed by atoms with Crippen LogP contribution in [-0.2, 0) is 4.79 Å². The fourth-order valence-corrected chi connectivity index (χ4v) is 4.67. The van der Waals surface area contributed by atoms with Gasteiger partial charge in [0.25, 0.3) is 0 Å². The van der Waals surface area contributed by atoms with Gasteiger partial charge in [-0.25, -0.2) is 4.39 Å². The Morgan fingerprint density at radius 1 is 1.03 bits per heavy atom. The van der Waals surface area contributed by atoms with Crippen LogP contribution in [0, 0.1) is 5.82 Å². The van der Waals surface area contributed by atoms with Crippen molar-refractivity contribution in [1.82, 2.24) is 19.7 Å². The van der Waals surface area contributed by atoms with Crippen LogP contribution in [0.1, 0.15) is 25.7 Å². The molecule has 1 amide bonds. The number of fused-ring (bicyclic) bond motifs is 1. The first kappa shape index (κ1) is 23.9. The molecule has 0 spiro atoms. The lowest BCUT2D eigenvalue weighted by molar-refractivity contribution is -0.116. The predicted octanol–water partition coefficient (Wildman–Crippen LogP) is 5.33. The Hall–Kier alpha value is -3.23. The average Bonchev–Trinajstić information content (AvgIpc) is 3.27. The minimum absolute atomic E-state index is 0.0142. The molecule has 1 heterocycles. The van der Waals surface area contributed by atoms with Gasteiger partial charge in [0.05, 0.1) is 17.5 Å². The maximum absolute atomic E-state index is 13.6. The van der Waals surface area contributed by atoms with Crippen LogP contribution in [-0.4, -0.2) is 52.0 Å². The molecule has 6 nitrogen and oxygen atoms in total. The SMILES string of the molecule is CCN(C(=O)CSc1nnc([C@@H](C)N(C)C)n1-c1ccc(F)cc1)c1cccc2ccccc12. The van der Waals surface area contributed by atoms with Crippen LogP contribution in [0.4, 0.5) is 10.1 Å². The third-order valence-corrected chi connectivity index (χ3v) is 6.80. The number of carbonyl (C=O) groups excluding carboxylic acids is 1. The molecule has 4 aromatic rings. The summed E-state index contributed by atoms with van der Waals surface area (Å²) in [5.74, 6) is 0.608. The van der Waals surface area contributed by atoms with Gasteiger partial charge in [-0.2, -0.15) is 0 Å². The molecule has 0 saturated carbocycles. The van der Waals surface area contributed by atoms with Crippen LogP contribution in [0.15, 0.2) is 71.9 Å². The second kappa shape index (κ2) is 10.4. The van der Waals surface area contributed by atoms with Gasteiger partial charge in [-0.3, -0.25) is 14.3 Å². The summed E-state index contributed by atoms with van der Waals surface area (Å²) in [4.78, 5) is 17.2. The highest BCUT2D eigenvalue weighted by Crippen LogP contribution is 2.30. The van der Waals surface area contributed by atoms with Crippen LogP contribution in [0.3, 0.4) is 0 Å². The summed E-state index contributed by atoms with van der Waals surface area (Å²) in [6, 6.07) is 20.3. The molecule has 34 heavy (non-hydrogen) atoms. The first-order chi connectivity index (χ1) is 16.4. The van der Waals surface area contributed by atoms with Crippen LogP contribution in [0.5, 0.6) is 0 Å². The number of amides is 1. The number of rotatable bonds is 8. The smallest absolute Gasteiger partial charge is 0.237 e. The highest BCUT2D eigenvalue weighted by molar-refractivity contribution is 7.99. The van der Waals surface area contributed by atoms with Crippen LogP contribution < -0.4 is 4.90 Å². The summed E-state index contributed by atoms with van der Waals surface area (Å²) in [7, 11) is 3.93. The van der Waals surface area contributed by atoms with Gasteiger partial charge in [0.15, 0.2) is 11.0 Å². The first-order valence-corrected chi connectivity index (χ1v) is 12.2. The summed E-state index contributed by atoms with van der Waals surface area (Å²) in [6.45, 7) is 4.56. The quantitative estimate of drug-likeness (QED) is 0.321. The zero-order valence-electron chi connectivity index (χ0n) is 19.8. The predicted molar refractivity (Wildman–Crippen MR) is 136 cm³/mol. The van der Waals surface area contributed by atoms with Crippen molar-refractivity contribution in [2.24, 2.45) is 0 Å². The van der Waals surface area contributed by atoms with Gasteiger partial charge >= 0.3 is 0 Å². The van der Waals surface area contributed by atoms with Gasteiger partial charge in [0, 0.05) is 17.6 Å². The maximum Gasteiger partial charge on any atom is 0.237 e. The lowest BCUT2D eigenvalue weighted by Crippen LogP contribution is -2.32. The second-order valence-electron chi connectivity index (χ2n) is 8.22. The maximum atomic E-state index is 13.6. The van der Waals surface area contributed by atoms with E-state index in [0.717, 1.165) is 28.0 Å². The largest absolute Gasteiger partial charge is 0.311 e. The van der Waals surface area contributed by atoms with E-state index in [0.29, 0.717) is 11.7 Å². The van der Waals surface area contributed by atoms with E-state index < -0.39 is 0 Å². The molecule has 0 bridgehead atoms. The summed E-state index contributed by atoms with van der Waals surface area (Å²) >= 11 is 1.33. The molecule has 8 heteroatoms. The average molecular weight is 478 g/mol. The van der Waals surface area contributed by atoms with E-state index >= 15 is 0 Å². The summed E-state index contributed by atoms with van der Waals surface area (Å²) in [5, 5.41) is 11.5. The number of halogens is 1. The van der Waals surface area contributed by atoms with Crippen LogP contribution >= 0.6 is 11.8 Å². The molecule has 0 radical (unpaired) electrons.